The number of carbonyl (C=O) groups is 1. The summed E-state index contributed by atoms with van der Waals surface area (Å²) < 4.78 is 6.49. The van der Waals surface area contributed by atoms with Crippen molar-refractivity contribution in [3.05, 3.63) is 52.5 Å². The zero-order chi connectivity index (χ0) is 15.9. The van der Waals surface area contributed by atoms with Crippen LogP contribution in [0.15, 0.2) is 46.9 Å². The number of carbonyl (C=O) groups excluding carboxylic acids is 1. The second-order valence-corrected chi connectivity index (χ2v) is 5.65. The standard InChI is InChI=1S/C17H19BrN2O2/c1-3-22-16-7-5-4-6-15(16)19-11-17(21)20-13-9-8-12(2)14(18)10-13/h4-10,19H,3,11H2,1-2H3,(H,20,21). The minimum atomic E-state index is -0.109. The molecule has 0 atom stereocenters. The summed E-state index contributed by atoms with van der Waals surface area (Å²) in [6, 6.07) is 13.3. The highest BCUT2D eigenvalue weighted by Crippen LogP contribution is 2.23. The number of halogens is 1. The van der Waals surface area contributed by atoms with Gasteiger partial charge in [0.15, 0.2) is 0 Å². The molecule has 0 bridgehead atoms. The minimum Gasteiger partial charge on any atom is -0.492 e. The Kier molecular flexibility index (Phi) is 5.83. The summed E-state index contributed by atoms with van der Waals surface area (Å²) in [5, 5.41) is 5.95. The number of ether oxygens (including phenoxy) is 1. The molecule has 0 heterocycles. The van der Waals surface area contributed by atoms with Crippen LogP contribution in [0.25, 0.3) is 0 Å². The van der Waals surface area contributed by atoms with Crippen molar-refractivity contribution in [2.24, 2.45) is 0 Å². The molecule has 0 aliphatic rings. The molecule has 22 heavy (non-hydrogen) atoms. The van der Waals surface area contributed by atoms with Gasteiger partial charge in [-0.15, -0.1) is 0 Å². The highest BCUT2D eigenvalue weighted by molar-refractivity contribution is 9.10. The van der Waals surface area contributed by atoms with Crippen LogP contribution in [-0.4, -0.2) is 19.1 Å². The predicted octanol–water partition coefficient (Wildman–Crippen LogP) is 4.21. The van der Waals surface area contributed by atoms with Gasteiger partial charge in [-0.2, -0.15) is 0 Å². The number of anilines is 2. The average molecular weight is 363 g/mol. The molecule has 1 amide bonds. The summed E-state index contributed by atoms with van der Waals surface area (Å²) in [4.78, 5) is 12.0. The lowest BCUT2D eigenvalue weighted by Crippen LogP contribution is -2.22. The molecule has 4 nitrogen and oxygen atoms in total. The van der Waals surface area contributed by atoms with Crippen LogP contribution in [-0.2, 0) is 4.79 Å². The quantitative estimate of drug-likeness (QED) is 0.809. The van der Waals surface area contributed by atoms with Crippen molar-refractivity contribution in [3.8, 4) is 5.75 Å². The van der Waals surface area contributed by atoms with Crippen LogP contribution in [0.3, 0.4) is 0 Å². The van der Waals surface area contributed by atoms with E-state index in [0.29, 0.717) is 6.61 Å². The van der Waals surface area contributed by atoms with E-state index < -0.39 is 0 Å². The number of hydrogen-bond acceptors (Lipinski definition) is 3. The van der Waals surface area contributed by atoms with Gasteiger partial charge < -0.3 is 15.4 Å². The summed E-state index contributed by atoms with van der Waals surface area (Å²) in [6.07, 6.45) is 0. The molecule has 0 saturated carbocycles. The van der Waals surface area contributed by atoms with Crippen molar-refractivity contribution in [3.63, 3.8) is 0 Å². The zero-order valence-electron chi connectivity index (χ0n) is 12.7. The Bertz CT molecular complexity index is 659. The number of benzene rings is 2. The van der Waals surface area contributed by atoms with E-state index in [-0.39, 0.29) is 12.5 Å². The van der Waals surface area contributed by atoms with Gasteiger partial charge in [-0.1, -0.05) is 34.1 Å². The van der Waals surface area contributed by atoms with Crippen molar-refractivity contribution in [1.29, 1.82) is 0 Å². The molecule has 2 aromatic carbocycles. The molecule has 2 aromatic rings. The first kappa shape index (κ1) is 16.4. The van der Waals surface area contributed by atoms with Gasteiger partial charge in [0.25, 0.3) is 0 Å². The van der Waals surface area contributed by atoms with Crippen LogP contribution in [0.2, 0.25) is 0 Å². The fraction of sp³-hybridized carbons (Fsp3) is 0.235. The second-order valence-electron chi connectivity index (χ2n) is 4.79. The van der Waals surface area contributed by atoms with Crippen molar-refractivity contribution >= 4 is 33.2 Å². The maximum Gasteiger partial charge on any atom is 0.243 e. The number of rotatable bonds is 6. The second kappa shape index (κ2) is 7.84. The molecule has 0 spiro atoms. The van der Waals surface area contributed by atoms with Crippen LogP contribution in [0.4, 0.5) is 11.4 Å². The Hall–Kier alpha value is -2.01. The van der Waals surface area contributed by atoms with E-state index in [1.807, 2.05) is 56.3 Å². The Morgan fingerprint density at radius 2 is 2.00 bits per heavy atom. The molecule has 0 saturated heterocycles. The van der Waals surface area contributed by atoms with E-state index in [1.165, 1.54) is 0 Å². The van der Waals surface area contributed by atoms with E-state index >= 15 is 0 Å². The molecule has 2 rings (SSSR count). The summed E-state index contributed by atoms with van der Waals surface area (Å²) in [7, 11) is 0. The maximum atomic E-state index is 12.0. The lowest BCUT2D eigenvalue weighted by molar-refractivity contribution is -0.114. The van der Waals surface area contributed by atoms with Crippen molar-refractivity contribution in [1.82, 2.24) is 0 Å². The molecule has 0 aliphatic heterocycles. The van der Waals surface area contributed by atoms with Crippen LogP contribution < -0.4 is 15.4 Å². The molecule has 0 aliphatic carbocycles. The summed E-state index contributed by atoms with van der Waals surface area (Å²) in [5.41, 5.74) is 2.70. The van der Waals surface area contributed by atoms with E-state index in [0.717, 1.165) is 27.2 Å². The summed E-state index contributed by atoms with van der Waals surface area (Å²) >= 11 is 3.46. The van der Waals surface area contributed by atoms with Gasteiger partial charge in [0.1, 0.15) is 5.75 Å². The third kappa shape index (κ3) is 4.49. The first-order valence-electron chi connectivity index (χ1n) is 7.12. The topological polar surface area (TPSA) is 50.4 Å². The molecule has 5 heteroatoms. The summed E-state index contributed by atoms with van der Waals surface area (Å²) in [6.45, 7) is 4.69. The Labute approximate surface area is 139 Å². The van der Waals surface area contributed by atoms with Gasteiger partial charge in [-0.25, -0.2) is 0 Å². The first-order chi connectivity index (χ1) is 10.6. The fourth-order valence-electron chi connectivity index (χ4n) is 1.95. The largest absolute Gasteiger partial charge is 0.492 e. The van der Waals surface area contributed by atoms with Gasteiger partial charge in [-0.3, -0.25) is 4.79 Å². The van der Waals surface area contributed by atoms with Gasteiger partial charge in [0.2, 0.25) is 5.91 Å². The minimum absolute atomic E-state index is 0.109. The van der Waals surface area contributed by atoms with Gasteiger partial charge in [0, 0.05) is 10.2 Å². The maximum absolute atomic E-state index is 12.0. The van der Waals surface area contributed by atoms with E-state index in [4.69, 9.17) is 4.74 Å². The highest BCUT2D eigenvalue weighted by atomic mass is 79.9. The molecule has 0 fully saturated rings. The van der Waals surface area contributed by atoms with Gasteiger partial charge in [-0.05, 0) is 43.7 Å². The van der Waals surface area contributed by atoms with Crippen molar-refractivity contribution in [2.75, 3.05) is 23.8 Å². The van der Waals surface area contributed by atoms with E-state index in [9.17, 15) is 4.79 Å². The zero-order valence-corrected chi connectivity index (χ0v) is 14.2. The molecular formula is C17H19BrN2O2. The first-order valence-corrected chi connectivity index (χ1v) is 7.91. The Morgan fingerprint density at radius 1 is 1.23 bits per heavy atom. The molecule has 0 aromatic heterocycles. The average Bonchev–Trinajstić information content (AvgIpc) is 2.50. The Morgan fingerprint density at radius 3 is 2.73 bits per heavy atom. The predicted molar refractivity (Wildman–Crippen MR) is 93.6 cm³/mol. The highest BCUT2D eigenvalue weighted by Gasteiger charge is 2.06. The lowest BCUT2D eigenvalue weighted by Gasteiger charge is -2.12. The van der Waals surface area contributed by atoms with Crippen LogP contribution in [0, 0.1) is 6.92 Å². The molecule has 116 valence electrons. The molecule has 2 N–H and O–H groups in total. The lowest BCUT2D eigenvalue weighted by atomic mass is 10.2. The van der Waals surface area contributed by atoms with E-state index in [1.54, 1.807) is 0 Å². The molecule has 0 unspecified atom stereocenters. The molecule has 0 radical (unpaired) electrons. The summed E-state index contributed by atoms with van der Waals surface area (Å²) in [5.74, 6) is 0.637. The fourth-order valence-corrected chi connectivity index (χ4v) is 2.32. The van der Waals surface area contributed by atoms with Crippen LogP contribution >= 0.6 is 15.9 Å². The van der Waals surface area contributed by atoms with Crippen molar-refractivity contribution in [2.45, 2.75) is 13.8 Å². The SMILES string of the molecule is CCOc1ccccc1NCC(=O)Nc1ccc(C)c(Br)c1. The normalized spacial score (nSPS) is 10.1. The van der Waals surface area contributed by atoms with Gasteiger partial charge >= 0.3 is 0 Å². The number of para-hydroxylation sites is 2. The monoisotopic (exact) mass is 362 g/mol. The van der Waals surface area contributed by atoms with Gasteiger partial charge in [0.05, 0.1) is 18.8 Å². The van der Waals surface area contributed by atoms with Crippen LogP contribution in [0.5, 0.6) is 5.75 Å². The third-order valence-electron chi connectivity index (χ3n) is 3.08. The number of amides is 1. The van der Waals surface area contributed by atoms with E-state index in [2.05, 4.69) is 26.6 Å². The third-order valence-corrected chi connectivity index (χ3v) is 3.94. The smallest absolute Gasteiger partial charge is 0.243 e. The number of aryl methyl sites for hydroxylation is 1. The number of hydrogen-bond donors (Lipinski definition) is 2. The van der Waals surface area contributed by atoms with Crippen LogP contribution in [0.1, 0.15) is 12.5 Å². The Balaban J connectivity index is 1.94. The molecular weight excluding hydrogens is 344 g/mol. The van der Waals surface area contributed by atoms with Crippen molar-refractivity contribution < 1.29 is 9.53 Å². The number of nitrogens with one attached hydrogen (secondary N) is 2.